The standard InChI is InChI=1S/C4H8O2.CH8OSi2/c1-4(2)3(5)6-4;1-4-2-3/h3,5H,1-2H3;4H2,1,3H3. The van der Waals surface area contributed by atoms with E-state index in [0.29, 0.717) is 0 Å². The van der Waals surface area contributed by atoms with Crippen LogP contribution in [0.15, 0.2) is 0 Å². The van der Waals surface area contributed by atoms with Crippen LogP contribution in [-0.2, 0) is 8.85 Å². The fourth-order valence-corrected chi connectivity index (χ4v) is 0.254. The highest BCUT2D eigenvalue weighted by atomic mass is 28.3. The predicted molar refractivity (Wildman–Crippen MR) is 46.6 cm³/mol. The third-order valence-corrected chi connectivity index (χ3v) is 3.55. The molecule has 1 unspecified atom stereocenters. The summed E-state index contributed by atoms with van der Waals surface area (Å²) < 4.78 is 9.48. The topological polar surface area (TPSA) is 42.0 Å². The van der Waals surface area contributed by atoms with Crippen molar-refractivity contribution in [2.75, 3.05) is 0 Å². The number of hydrogen-bond acceptors (Lipinski definition) is 3. The first kappa shape index (κ1) is 10.3. The van der Waals surface area contributed by atoms with E-state index >= 15 is 0 Å². The van der Waals surface area contributed by atoms with Crippen molar-refractivity contribution in [3.63, 3.8) is 0 Å². The van der Waals surface area contributed by atoms with Crippen LogP contribution >= 0.6 is 0 Å². The fraction of sp³-hybridized carbons (Fsp3) is 1.00. The van der Waals surface area contributed by atoms with E-state index in [1.54, 1.807) is 0 Å². The van der Waals surface area contributed by atoms with Crippen LogP contribution in [0.5, 0.6) is 0 Å². The van der Waals surface area contributed by atoms with E-state index in [1.165, 1.54) is 0 Å². The molecule has 0 aromatic carbocycles. The highest BCUT2D eigenvalue weighted by molar-refractivity contribution is 6.32. The third kappa shape index (κ3) is 4.18. The Morgan fingerprint density at radius 3 is 1.90 bits per heavy atom. The minimum atomic E-state index is -0.502. The average Bonchev–Trinajstić information content (AvgIpc) is 2.39. The van der Waals surface area contributed by atoms with Gasteiger partial charge in [-0.25, -0.2) is 0 Å². The van der Waals surface area contributed by atoms with Gasteiger partial charge >= 0.3 is 0 Å². The van der Waals surface area contributed by atoms with E-state index in [-0.39, 0.29) is 15.4 Å². The summed E-state index contributed by atoms with van der Waals surface area (Å²) in [4.78, 5) is 0. The molecule has 1 N–H and O–H groups in total. The molecule has 1 saturated heterocycles. The summed E-state index contributed by atoms with van der Waals surface area (Å²) in [5, 5.41) is 8.47. The van der Waals surface area contributed by atoms with Gasteiger partial charge in [-0.05, 0) is 13.8 Å². The van der Waals surface area contributed by atoms with E-state index in [1.807, 2.05) is 13.8 Å². The van der Waals surface area contributed by atoms with Crippen LogP contribution in [0.4, 0.5) is 0 Å². The van der Waals surface area contributed by atoms with Crippen LogP contribution in [-0.4, -0.2) is 37.2 Å². The van der Waals surface area contributed by atoms with Crippen LogP contribution in [0.1, 0.15) is 13.8 Å². The molecule has 1 aliphatic heterocycles. The molecule has 0 aromatic heterocycles. The summed E-state index contributed by atoms with van der Waals surface area (Å²) in [6.45, 7) is 5.82. The maximum atomic E-state index is 8.47. The summed E-state index contributed by atoms with van der Waals surface area (Å²) in [6, 6.07) is 0. The van der Waals surface area contributed by atoms with Gasteiger partial charge in [0.2, 0.25) is 0 Å². The minimum absolute atomic E-state index is 0.0139. The normalized spacial score (nSPS) is 28.2. The highest BCUT2D eigenvalue weighted by Gasteiger charge is 2.46. The number of hydrogen-bond donors (Lipinski definition) is 1. The van der Waals surface area contributed by atoms with E-state index in [9.17, 15) is 0 Å². The monoisotopic (exact) mass is 180 g/mol. The van der Waals surface area contributed by atoms with E-state index in [2.05, 4.69) is 11.3 Å². The Bertz CT molecular complexity index is 94.9. The number of aliphatic hydroxyl groups is 1. The summed E-state index contributed by atoms with van der Waals surface area (Å²) in [5.74, 6) is 0. The summed E-state index contributed by atoms with van der Waals surface area (Å²) in [5.41, 5.74) is -0.236. The Hall–Kier alpha value is 0.314. The Morgan fingerprint density at radius 1 is 1.70 bits per heavy atom. The molecule has 0 saturated carbocycles. The molecule has 5 heteroatoms. The van der Waals surface area contributed by atoms with Gasteiger partial charge in [-0.3, -0.25) is 0 Å². The number of rotatable bonds is 1. The molecule has 1 heterocycles. The van der Waals surface area contributed by atoms with Gasteiger partial charge in [-0.1, -0.05) is 6.55 Å². The number of ether oxygens (including phenoxy) is 1. The maximum absolute atomic E-state index is 8.47. The lowest BCUT2D eigenvalue weighted by atomic mass is 10.2. The molecule has 1 aliphatic rings. The fourth-order valence-electron chi connectivity index (χ4n) is 0.254. The van der Waals surface area contributed by atoms with Crippen molar-refractivity contribution in [3.05, 3.63) is 0 Å². The molecule has 1 atom stereocenters. The van der Waals surface area contributed by atoms with Gasteiger partial charge in [0, 0.05) is 0 Å². The number of epoxide rings is 1. The molecule has 10 heavy (non-hydrogen) atoms. The molecule has 0 radical (unpaired) electrons. The van der Waals surface area contributed by atoms with Gasteiger partial charge in [0.1, 0.15) is 25.9 Å². The van der Waals surface area contributed by atoms with Gasteiger partial charge in [0.05, 0.1) is 0 Å². The number of aliphatic hydroxyl groups excluding tert-OH is 1. The molecule has 62 valence electrons. The first-order valence-corrected chi connectivity index (χ1v) is 6.20. The summed E-state index contributed by atoms with van der Waals surface area (Å²) >= 11 is 0. The van der Waals surface area contributed by atoms with Crippen LogP contribution in [0.25, 0.3) is 0 Å². The van der Waals surface area contributed by atoms with E-state index in [4.69, 9.17) is 9.22 Å². The molecular formula is C5H16O3Si2. The zero-order valence-electron chi connectivity index (χ0n) is 7.05. The quantitative estimate of drug-likeness (QED) is 0.396. The second-order valence-electron chi connectivity index (χ2n) is 2.65. The molecular weight excluding hydrogens is 164 g/mol. The molecule has 0 aromatic rings. The Balaban J connectivity index is 0.000000180. The van der Waals surface area contributed by atoms with Crippen LogP contribution in [0, 0.1) is 0 Å². The molecule has 1 fully saturated rings. The smallest absolute Gasteiger partial charge is 0.184 e. The first-order valence-electron chi connectivity index (χ1n) is 3.39. The predicted octanol–water partition coefficient (Wildman–Crippen LogP) is -1.47. The van der Waals surface area contributed by atoms with Crippen molar-refractivity contribution in [1.29, 1.82) is 0 Å². The molecule has 0 bridgehead atoms. The largest absolute Gasteiger partial charge is 0.468 e. The second-order valence-corrected chi connectivity index (χ2v) is 5.54. The first-order chi connectivity index (χ1) is 4.54. The summed E-state index contributed by atoms with van der Waals surface area (Å²) in [7, 11) is 0.938. The van der Waals surface area contributed by atoms with E-state index in [0.717, 1.165) is 10.5 Å². The van der Waals surface area contributed by atoms with Gasteiger partial charge in [0.25, 0.3) is 0 Å². The maximum Gasteiger partial charge on any atom is 0.184 e. The second kappa shape index (κ2) is 4.25. The van der Waals surface area contributed by atoms with Gasteiger partial charge < -0.3 is 14.0 Å². The van der Waals surface area contributed by atoms with Crippen LogP contribution in [0.3, 0.4) is 0 Å². The van der Waals surface area contributed by atoms with Crippen molar-refractivity contribution in [3.8, 4) is 0 Å². The molecule has 0 aliphatic carbocycles. The van der Waals surface area contributed by atoms with Crippen molar-refractivity contribution in [2.24, 2.45) is 0 Å². The van der Waals surface area contributed by atoms with Crippen molar-refractivity contribution in [2.45, 2.75) is 32.3 Å². The van der Waals surface area contributed by atoms with Gasteiger partial charge in [0.15, 0.2) is 6.29 Å². The van der Waals surface area contributed by atoms with Crippen LogP contribution < -0.4 is 0 Å². The average molecular weight is 180 g/mol. The van der Waals surface area contributed by atoms with E-state index < -0.39 is 6.29 Å². The lowest BCUT2D eigenvalue weighted by Gasteiger charge is -1.83. The highest BCUT2D eigenvalue weighted by Crippen LogP contribution is 2.31. The van der Waals surface area contributed by atoms with Gasteiger partial charge in [-0.15, -0.1) is 0 Å². The molecule has 3 nitrogen and oxygen atoms in total. The summed E-state index contributed by atoms with van der Waals surface area (Å²) in [6.07, 6.45) is -0.502. The SMILES string of the molecule is CC1(C)OC1O.C[SiH2]O[SiH3]. The molecule has 1 rings (SSSR count). The Labute approximate surface area is 67.2 Å². The molecule has 0 spiro atoms. The zero-order chi connectivity index (χ0) is 8.20. The van der Waals surface area contributed by atoms with Crippen molar-refractivity contribution < 1.29 is 14.0 Å². The Kier molecular flexibility index (Phi) is 4.38. The zero-order valence-corrected chi connectivity index (χ0v) is 10.5. The Morgan fingerprint density at radius 2 is 1.90 bits per heavy atom. The lowest BCUT2D eigenvalue weighted by molar-refractivity contribution is 0.155. The minimum Gasteiger partial charge on any atom is -0.468 e. The van der Waals surface area contributed by atoms with Crippen molar-refractivity contribution >= 4 is 20.2 Å². The lowest BCUT2D eigenvalue weighted by Crippen LogP contribution is -2.00. The van der Waals surface area contributed by atoms with Crippen LogP contribution in [0.2, 0.25) is 6.55 Å². The van der Waals surface area contributed by atoms with Crippen molar-refractivity contribution in [1.82, 2.24) is 0 Å². The molecule has 0 amide bonds. The van der Waals surface area contributed by atoms with Gasteiger partial charge in [-0.2, -0.15) is 0 Å². The third-order valence-electron chi connectivity index (χ3n) is 1.24.